The normalized spacial score (nSPS) is 12.5. The predicted octanol–water partition coefficient (Wildman–Crippen LogP) is 2.74. The molecule has 0 bridgehead atoms. The molecule has 0 aliphatic heterocycles. The Morgan fingerprint density at radius 3 is 2.38 bits per heavy atom. The summed E-state index contributed by atoms with van der Waals surface area (Å²) in [6.07, 6.45) is 1.29. The van der Waals surface area contributed by atoms with E-state index in [9.17, 15) is 14.7 Å². The zero-order valence-corrected chi connectivity index (χ0v) is 14.8. The van der Waals surface area contributed by atoms with E-state index in [1.807, 2.05) is 6.92 Å². The van der Waals surface area contributed by atoms with Crippen molar-refractivity contribution in [1.82, 2.24) is 5.48 Å². The summed E-state index contributed by atoms with van der Waals surface area (Å²) in [5.41, 5.74) is 2.95. The van der Waals surface area contributed by atoms with Crippen LogP contribution in [0.5, 0.6) is 5.75 Å². The monoisotopic (exact) mass is 337 g/mol. The minimum atomic E-state index is -0.523. The Morgan fingerprint density at radius 1 is 1.21 bits per heavy atom. The molecule has 1 rings (SSSR count). The fourth-order valence-electron chi connectivity index (χ4n) is 2.06. The topological polar surface area (TPSA) is 84.9 Å². The molecule has 1 unspecified atom stereocenters. The predicted molar refractivity (Wildman–Crippen MR) is 90.1 cm³/mol. The maximum Gasteiger partial charge on any atom is 0.328 e. The van der Waals surface area contributed by atoms with Gasteiger partial charge in [-0.3, -0.25) is 9.59 Å². The van der Waals surface area contributed by atoms with E-state index in [1.165, 1.54) is 0 Å². The fourth-order valence-corrected chi connectivity index (χ4v) is 2.06. The van der Waals surface area contributed by atoms with Crippen molar-refractivity contribution < 1.29 is 24.3 Å². The minimum absolute atomic E-state index is 0.124. The molecule has 0 heterocycles. The summed E-state index contributed by atoms with van der Waals surface area (Å²) in [4.78, 5) is 28.6. The molecule has 0 spiro atoms. The summed E-state index contributed by atoms with van der Waals surface area (Å²) < 4.78 is 5.16. The second-order valence-corrected chi connectivity index (χ2v) is 6.63. The summed E-state index contributed by atoms with van der Waals surface area (Å²) in [5, 5.41) is 9.28. The average molecular weight is 337 g/mol. The highest BCUT2D eigenvalue weighted by atomic mass is 16.7. The molecular weight excluding hydrogens is 310 g/mol. The van der Waals surface area contributed by atoms with E-state index in [0.717, 1.165) is 5.56 Å². The number of ether oxygens (including phenoxy) is 1. The number of hydrogen-bond acceptors (Lipinski definition) is 6. The lowest BCUT2D eigenvalue weighted by atomic mass is 9.97. The Bertz CT molecular complexity index is 533. The number of aromatic hydroxyl groups is 1. The number of carbonyl (C=O) groups is 2. The molecule has 0 aliphatic carbocycles. The number of hydroxylamine groups is 1. The van der Waals surface area contributed by atoms with E-state index in [2.05, 4.69) is 5.48 Å². The van der Waals surface area contributed by atoms with Gasteiger partial charge in [0.1, 0.15) is 11.4 Å². The number of nitrogens with one attached hydrogen (secondary N) is 1. The Hall–Kier alpha value is -2.08. The highest BCUT2D eigenvalue weighted by Gasteiger charge is 2.20. The lowest BCUT2D eigenvalue weighted by Gasteiger charge is -2.19. The first-order chi connectivity index (χ1) is 11.2. The van der Waals surface area contributed by atoms with Crippen molar-refractivity contribution in [2.45, 2.75) is 52.6 Å². The molecule has 24 heavy (non-hydrogen) atoms. The lowest BCUT2D eigenvalue weighted by molar-refractivity contribution is -0.160. The van der Waals surface area contributed by atoms with Gasteiger partial charge >= 0.3 is 11.9 Å². The summed E-state index contributed by atoms with van der Waals surface area (Å²) in [5.74, 6) is -0.807. The van der Waals surface area contributed by atoms with Gasteiger partial charge < -0.3 is 14.7 Å². The van der Waals surface area contributed by atoms with E-state index in [-0.39, 0.29) is 36.6 Å². The van der Waals surface area contributed by atoms with Crippen LogP contribution in [0.15, 0.2) is 24.3 Å². The second-order valence-electron chi connectivity index (χ2n) is 6.63. The summed E-state index contributed by atoms with van der Waals surface area (Å²) in [7, 11) is 0. The summed E-state index contributed by atoms with van der Waals surface area (Å²) in [6.45, 7) is 7.51. The molecule has 0 aliphatic rings. The maximum absolute atomic E-state index is 12.1. The number of phenolic OH excluding ortho intramolecular Hbond substituents is 1. The lowest BCUT2D eigenvalue weighted by Crippen LogP contribution is -2.30. The Morgan fingerprint density at radius 2 is 1.83 bits per heavy atom. The molecule has 0 saturated heterocycles. The van der Waals surface area contributed by atoms with Gasteiger partial charge in [0.2, 0.25) is 0 Å². The number of phenols is 1. The average Bonchev–Trinajstić information content (AvgIpc) is 2.49. The molecule has 0 aromatic heterocycles. The largest absolute Gasteiger partial charge is 0.508 e. The van der Waals surface area contributed by atoms with Crippen LogP contribution in [0.3, 0.4) is 0 Å². The van der Waals surface area contributed by atoms with E-state index < -0.39 is 5.60 Å². The first-order valence-electron chi connectivity index (χ1n) is 8.14. The van der Waals surface area contributed by atoms with Crippen molar-refractivity contribution in [3.63, 3.8) is 0 Å². The number of esters is 1. The van der Waals surface area contributed by atoms with E-state index in [4.69, 9.17) is 9.57 Å². The number of carbonyl (C=O) groups excluding carboxylic acids is 2. The third-order valence-electron chi connectivity index (χ3n) is 3.27. The number of rotatable bonds is 8. The van der Waals surface area contributed by atoms with Crippen molar-refractivity contribution in [3.05, 3.63) is 29.8 Å². The van der Waals surface area contributed by atoms with Gasteiger partial charge in [0.05, 0.1) is 12.3 Å². The molecule has 0 fully saturated rings. The van der Waals surface area contributed by atoms with E-state index in [1.54, 1.807) is 45.0 Å². The van der Waals surface area contributed by atoms with Crippen LogP contribution in [0.2, 0.25) is 0 Å². The van der Waals surface area contributed by atoms with Crippen LogP contribution >= 0.6 is 0 Å². The summed E-state index contributed by atoms with van der Waals surface area (Å²) in [6, 6.07) is 6.74. The van der Waals surface area contributed by atoms with Gasteiger partial charge in [-0.2, -0.15) is 5.48 Å². The van der Waals surface area contributed by atoms with Crippen LogP contribution < -0.4 is 5.48 Å². The van der Waals surface area contributed by atoms with Crippen LogP contribution in [0.1, 0.15) is 46.1 Å². The standard InChI is InChI=1S/C18H27NO5/c1-5-14(12-13-6-8-15(20)9-7-13)17(22)24-19-11-10-16(21)23-18(2,3)4/h6-9,14,19-20H,5,10-12H2,1-4H3. The molecular formula is C18H27NO5. The molecule has 0 amide bonds. The third-order valence-corrected chi connectivity index (χ3v) is 3.27. The molecule has 6 nitrogen and oxygen atoms in total. The highest BCUT2D eigenvalue weighted by Crippen LogP contribution is 2.16. The SMILES string of the molecule is CCC(Cc1ccc(O)cc1)C(=O)ONCCC(=O)OC(C)(C)C. The highest BCUT2D eigenvalue weighted by molar-refractivity contribution is 5.72. The van der Waals surface area contributed by atoms with Gasteiger partial charge in [-0.05, 0) is 51.3 Å². The van der Waals surface area contributed by atoms with Crippen molar-refractivity contribution >= 4 is 11.9 Å². The van der Waals surface area contributed by atoms with Crippen molar-refractivity contribution in [2.75, 3.05) is 6.54 Å². The van der Waals surface area contributed by atoms with Gasteiger partial charge in [0.25, 0.3) is 0 Å². The first kappa shape index (κ1) is 20.0. The van der Waals surface area contributed by atoms with Crippen molar-refractivity contribution in [3.8, 4) is 5.75 Å². The van der Waals surface area contributed by atoms with Crippen LogP contribution in [0.25, 0.3) is 0 Å². The fraction of sp³-hybridized carbons (Fsp3) is 0.556. The van der Waals surface area contributed by atoms with Crippen LogP contribution in [-0.4, -0.2) is 29.2 Å². The quantitative estimate of drug-likeness (QED) is 0.431. The maximum atomic E-state index is 12.1. The van der Waals surface area contributed by atoms with E-state index in [0.29, 0.717) is 12.8 Å². The van der Waals surface area contributed by atoms with E-state index >= 15 is 0 Å². The van der Waals surface area contributed by atoms with Crippen molar-refractivity contribution in [1.29, 1.82) is 0 Å². The second kappa shape index (κ2) is 9.27. The molecule has 0 radical (unpaired) electrons. The molecule has 0 saturated carbocycles. The molecule has 6 heteroatoms. The molecule has 1 aromatic carbocycles. The zero-order chi connectivity index (χ0) is 18.2. The Balaban J connectivity index is 2.34. The molecule has 1 atom stereocenters. The third kappa shape index (κ3) is 7.97. The van der Waals surface area contributed by atoms with Gasteiger partial charge in [-0.15, -0.1) is 0 Å². The Labute approximate surface area is 143 Å². The molecule has 1 aromatic rings. The van der Waals surface area contributed by atoms with Gasteiger partial charge in [-0.25, -0.2) is 0 Å². The summed E-state index contributed by atoms with van der Waals surface area (Å²) >= 11 is 0. The minimum Gasteiger partial charge on any atom is -0.508 e. The van der Waals surface area contributed by atoms with Crippen LogP contribution in [0.4, 0.5) is 0 Å². The molecule has 134 valence electrons. The number of hydrogen-bond donors (Lipinski definition) is 2. The first-order valence-corrected chi connectivity index (χ1v) is 8.14. The smallest absolute Gasteiger partial charge is 0.328 e. The van der Waals surface area contributed by atoms with Gasteiger partial charge in [-0.1, -0.05) is 19.1 Å². The van der Waals surface area contributed by atoms with Crippen LogP contribution in [0, 0.1) is 5.92 Å². The van der Waals surface area contributed by atoms with Crippen LogP contribution in [-0.2, 0) is 25.6 Å². The van der Waals surface area contributed by atoms with Gasteiger partial charge in [0.15, 0.2) is 0 Å². The molecule has 2 N–H and O–H groups in total. The number of benzene rings is 1. The van der Waals surface area contributed by atoms with Gasteiger partial charge in [0, 0.05) is 6.54 Å². The Kier molecular flexibility index (Phi) is 7.71. The zero-order valence-electron chi connectivity index (χ0n) is 14.8. The van der Waals surface area contributed by atoms with Crippen molar-refractivity contribution in [2.24, 2.45) is 5.92 Å².